The molecular weight excluding hydrogens is 140 g/mol. The summed E-state index contributed by atoms with van der Waals surface area (Å²) in [5.41, 5.74) is 6.68. The molecule has 4 nitrogen and oxygen atoms in total. The highest BCUT2D eigenvalue weighted by Gasteiger charge is 1.96. The summed E-state index contributed by atoms with van der Waals surface area (Å²) in [6.45, 7) is 0.644. The van der Waals surface area contributed by atoms with E-state index in [2.05, 4.69) is 4.72 Å². The molecule has 0 aliphatic heterocycles. The molecule has 0 aromatic carbocycles. The summed E-state index contributed by atoms with van der Waals surface area (Å²) in [4.78, 5) is 0. The summed E-state index contributed by atoms with van der Waals surface area (Å²) in [7, 11) is -3.03. The van der Waals surface area contributed by atoms with E-state index in [1.54, 1.807) is 0 Å². The lowest BCUT2D eigenvalue weighted by Crippen LogP contribution is -2.23. The SMILES string of the molecule is CS(=O)(=O)NCCC[NH]. The third-order valence-corrected chi connectivity index (χ3v) is 1.45. The van der Waals surface area contributed by atoms with Crippen LogP contribution in [-0.2, 0) is 10.0 Å². The van der Waals surface area contributed by atoms with E-state index in [0.717, 1.165) is 6.26 Å². The molecule has 0 spiro atoms. The maximum Gasteiger partial charge on any atom is 0.208 e. The first-order chi connectivity index (χ1) is 4.06. The lowest BCUT2D eigenvalue weighted by molar-refractivity contribution is 0.585. The Morgan fingerprint density at radius 1 is 1.56 bits per heavy atom. The van der Waals surface area contributed by atoms with Crippen LogP contribution >= 0.6 is 0 Å². The molecule has 0 aromatic rings. The van der Waals surface area contributed by atoms with E-state index in [1.807, 2.05) is 0 Å². The van der Waals surface area contributed by atoms with Crippen molar-refractivity contribution in [2.45, 2.75) is 6.42 Å². The fourth-order valence-corrected chi connectivity index (χ4v) is 0.861. The number of sulfonamides is 1. The third-order valence-electron chi connectivity index (χ3n) is 0.718. The summed E-state index contributed by atoms with van der Waals surface area (Å²) >= 11 is 0. The monoisotopic (exact) mass is 151 g/mol. The molecule has 0 bridgehead atoms. The van der Waals surface area contributed by atoms with Crippen LogP contribution in [0, 0.1) is 0 Å². The van der Waals surface area contributed by atoms with Crippen molar-refractivity contribution in [3.05, 3.63) is 0 Å². The Morgan fingerprint density at radius 3 is 2.44 bits per heavy atom. The maximum atomic E-state index is 10.3. The molecular formula is C4H11N2O2S. The highest BCUT2D eigenvalue weighted by atomic mass is 32.2. The van der Waals surface area contributed by atoms with Crippen LogP contribution in [0.15, 0.2) is 0 Å². The van der Waals surface area contributed by atoms with Gasteiger partial charge in [0.1, 0.15) is 0 Å². The van der Waals surface area contributed by atoms with E-state index >= 15 is 0 Å². The standard InChI is InChI=1S/C4H11N2O2S/c1-9(7,8)6-4-2-3-5/h5-6H,2-4H2,1H3. The molecule has 0 rings (SSSR count). The highest BCUT2D eigenvalue weighted by Crippen LogP contribution is 1.75. The van der Waals surface area contributed by atoms with Gasteiger partial charge in [-0.25, -0.2) is 13.1 Å². The van der Waals surface area contributed by atoms with Gasteiger partial charge in [0.15, 0.2) is 0 Å². The van der Waals surface area contributed by atoms with Crippen molar-refractivity contribution in [3.63, 3.8) is 0 Å². The summed E-state index contributed by atoms with van der Waals surface area (Å²) in [6.07, 6.45) is 1.68. The molecule has 55 valence electrons. The van der Waals surface area contributed by atoms with E-state index in [1.165, 1.54) is 0 Å². The molecule has 0 saturated carbocycles. The quantitative estimate of drug-likeness (QED) is 0.535. The van der Waals surface area contributed by atoms with E-state index in [9.17, 15) is 8.42 Å². The molecule has 0 aliphatic rings. The van der Waals surface area contributed by atoms with Gasteiger partial charge in [0, 0.05) is 13.1 Å². The Kier molecular flexibility index (Phi) is 3.76. The fraction of sp³-hybridized carbons (Fsp3) is 1.00. The van der Waals surface area contributed by atoms with E-state index in [-0.39, 0.29) is 6.54 Å². The molecule has 9 heavy (non-hydrogen) atoms. The first-order valence-corrected chi connectivity index (χ1v) is 4.54. The molecule has 0 atom stereocenters. The molecule has 0 amide bonds. The second kappa shape index (κ2) is 3.81. The second-order valence-electron chi connectivity index (χ2n) is 1.77. The number of nitrogens with one attached hydrogen (secondary N) is 2. The summed E-state index contributed by atoms with van der Waals surface area (Å²) in [6, 6.07) is 0. The van der Waals surface area contributed by atoms with Crippen molar-refractivity contribution in [1.82, 2.24) is 10.5 Å². The Bertz CT molecular complexity index is 152. The van der Waals surface area contributed by atoms with Crippen molar-refractivity contribution in [3.8, 4) is 0 Å². The molecule has 1 radical (unpaired) electrons. The zero-order valence-corrected chi connectivity index (χ0v) is 6.16. The molecule has 0 saturated heterocycles. The van der Waals surface area contributed by atoms with E-state index in [4.69, 9.17) is 5.73 Å². The molecule has 0 unspecified atom stereocenters. The van der Waals surface area contributed by atoms with Crippen molar-refractivity contribution in [2.75, 3.05) is 19.3 Å². The van der Waals surface area contributed by atoms with Gasteiger partial charge >= 0.3 is 0 Å². The van der Waals surface area contributed by atoms with Gasteiger partial charge in [0.25, 0.3) is 0 Å². The predicted octanol–water partition coefficient (Wildman–Crippen LogP) is -0.791. The van der Waals surface area contributed by atoms with Crippen LogP contribution in [0.5, 0.6) is 0 Å². The van der Waals surface area contributed by atoms with Gasteiger partial charge < -0.3 is 0 Å². The lowest BCUT2D eigenvalue weighted by Gasteiger charge is -1.97. The molecule has 0 fully saturated rings. The van der Waals surface area contributed by atoms with Crippen molar-refractivity contribution < 1.29 is 8.42 Å². The van der Waals surface area contributed by atoms with Crippen LogP contribution in [0.25, 0.3) is 0 Å². The number of rotatable bonds is 4. The topological polar surface area (TPSA) is 70.0 Å². The van der Waals surface area contributed by atoms with Gasteiger partial charge in [-0.3, -0.25) is 5.73 Å². The van der Waals surface area contributed by atoms with E-state index < -0.39 is 10.0 Å². The normalized spacial score (nSPS) is 11.8. The molecule has 5 heteroatoms. The average molecular weight is 151 g/mol. The Balaban J connectivity index is 3.30. The largest absolute Gasteiger partial charge is 0.258 e. The minimum atomic E-state index is -3.03. The van der Waals surface area contributed by atoms with Gasteiger partial charge in [-0.15, -0.1) is 0 Å². The molecule has 0 aliphatic carbocycles. The molecule has 2 N–H and O–H groups in total. The summed E-state index contributed by atoms with van der Waals surface area (Å²) < 4.78 is 22.9. The lowest BCUT2D eigenvalue weighted by atomic mass is 10.4. The van der Waals surface area contributed by atoms with Crippen molar-refractivity contribution >= 4 is 10.0 Å². The van der Waals surface area contributed by atoms with Crippen LogP contribution in [0.3, 0.4) is 0 Å². The average Bonchev–Trinajstić information content (AvgIpc) is 1.63. The predicted molar refractivity (Wildman–Crippen MR) is 35.4 cm³/mol. The van der Waals surface area contributed by atoms with Gasteiger partial charge in [-0.05, 0) is 6.42 Å². The molecule has 0 heterocycles. The smallest absolute Gasteiger partial charge is 0.208 e. The van der Waals surface area contributed by atoms with Crippen molar-refractivity contribution in [1.29, 1.82) is 0 Å². The van der Waals surface area contributed by atoms with Crippen LogP contribution < -0.4 is 10.5 Å². The first kappa shape index (κ1) is 8.87. The Labute approximate surface area is 55.5 Å². The van der Waals surface area contributed by atoms with Crippen LogP contribution in [0.2, 0.25) is 0 Å². The second-order valence-corrected chi connectivity index (χ2v) is 3.60. The fourth-order valence-electron chi connectivity index (χ4n) is 0.346. The zero-order valence-electron chi connectivity index (χ0n) is 5.35. The Morgan fingerprint density at radius 2 is 2.11 bits per heavy atom. The number of hydrogen-bond donors (Lipinski definition) is 1. The highest BCUT2D eigenvalue weighted by molar-refractivity contribution is 7.88. The van der Waals surface area contributed by atoms with Gasteiger partial charge in [-0.1, -0.05) is 0 Å². The van der Waals surface area contributed by atoms with Crippen molar-refractivity contribution in [2.24, 2.45) is 0 Å². The zero-order chi connectivity index (χ0) is 7.33. The Hall–Kier alpha value is -0.130. The van der Waals surface area contributed by atoms with Gasteiger partial charge in [0.2, 0.25) is 10.0 Å². The summed E-state index contributed by atoms with van der Waals surface area (Å²) in [5.74, 6) is 0. The summed E-state index contributed by atoms with van der Waals surface area (Å²) in [5, 5.41) is 0. The van der Waals surface area contributed by atoms with Crippen LogP contribution in [0.4, 0.5) is 0 Å². The number of hydrogen-bond acceptors (Lipinski definition) is 2. The van der Waals surface area contributed by atoms with Gasteiger partial charge in [-0.2, -0.15) is 0 Å². The van der Waals surface area contributed by atoms with Gasteiger partial charge in [0.05, 0.1) is 6.26 Å². The first-order valence-electron chi connectivity index (χ1n) is 2.65. The molecule has 0 aromatic heterocycles. The minimum absolute atomic E-state index is 0.266. The van der Waals surface area contributed by atoms with Crippen LogP contribution in [0.1, 0.15) is 6.42 Å². The van der Waals surface area contributed by atoms with E-state index in [0.29, 0.717) is 13.0 Å². The third kappa shape index (κ3) is 7.87. The maximum absolute atomic E-state index is 10.3. The van der Waals surface area contributed by atoms with Crippen LogP contribution in [-0.4, -0.2) is 27.8 Å². The minimum Gasteiger partial charge on any atom is -0.258 e.